The average Bonchev–Trinajstić information content (AvgIpc) is 2.33. The van der Waals surface area contributed by atoms with E-state index >= 15 is 0 Å². The minimum Gasteiger partial charge on any atom is -0.467 e. The molecule has 0 radical (unpaired) electrons. The Morgan fingerprint density at radius 3 is 2.56 bits per heavy atom. The van der Waals surface area contributed by atoms with Crippen molar-refractivity contribution < 1.29 is 9.47 Å². The van der Waals surface area contributed by atoms with Crippen LogP contribution in [0.2, 0.25) is 0 Å². The SMILES string of the molecule is CCOCOc1ccc(N)c2ccccc12. The number of ether oxygens (including phenoxy) is 2. The fourth-order valence-corrected chi connectivity index (χ4v) is 1.61. The van der Waals surface area contributed by atoms with Gasteiger partial charge < -0.3 is 15.2 Å². The molecule has 2 aromatic rings. The van der Waals surface area contributed by atoms with Crippen molar-refractivity contribution in [3.63, 3.8) is 0 Å². The first-order valence-electron chi connectivity index (χ1n) is 5.30. The molecule has 2 N–H and O–H groups in total. The highest BCUT2D eigenvalue weighted by atomic mass is 16.7. The van der Waals surface area contributed by atoms with Crippen molar-refractivity contribution >= 4 is 16.5 Å². The smallest absolute Gasteiger partial charge is 0.189 e. The van der Waals surface area contributed by atoms with Gasteiger partial charge in [0, 0.05) is 23.1 Å². The van der Waals surface area contributed by atoms with Gasteiger partial charge in [0.05, 0.1) is 0 Å². The third kappa shape index (κ3) is 2.09. The van der Waals surface area contributed by atoms with E-state index in [0.29, 0.717) is 6.61 Å². The molecule has 0 unspecified atom stereocenters. The monoisotopic (exact) mass is 217 g/mol. The largest absolute Gasteiger partial charge is 0.467 e. The van der Waals surface area contributed by atoms with Crippen LogP contribution in [0.25, 0.3) is 10.8 Å². The number of benzene rings is 2. The Kier molecular flexibility index (Phi) is 3.27. The summed E-state index contributed by atoms with van der Waals surface area (Å²) in [7, 11) is 0. The molecular formula is C13H15NO2. The first-order valence-corrected chi connectivity index (χ1v) is 5.30. The fourth-order valence-electron chi connectivity index (χ4n) is 1.61. The van der Waals surface area contributed by atoms with Crippen LogP contribution in [0.5, 0.6) is 5.75 Å². The standard InChI is InChI=1S/C13H15NO2/c1-2-15-9-16-13-8-7-12(14)10-5-3-4-6-11(10)13/h3-8H,2,9,14H2,1H3. The van der Waals surface area contributed by atoms with Crippen LogP contribution in [0.3, 0.4) is 0 Å². The molecule has 0 atom stereocenters. The van der Waals surface area contributed by atoms with E-state index in [4.69, 9.17) is 15.2 Å². The number of anilines is 1. The Morgan fingerprint density at radius 2 is 1.81 bits per heavy atom. The highest BCUT2D eigenvalue weighted by Crippen LogP contribution is 2.29. The summed E-state index contributed by atoms with van der Waals surface area (Å²) >= 11 is 0. The lowest BCUT2D eigenvalue weighted by molar-refractivity contribution is 0.0233. The Balaban J connectivity index is 2.35. The van der Waals surface area contributed by atoms with E-state index < -0.39 is 0 Å². The topological polar surface area (TPSA) is 44.5 Å². The molecule has 0 bridgehead atoms. The molecule has 2 aromatic carbocycles. The van der Waals surface area contributed by atoms with Crippen LogP contribution in [-0.2, 0) is 4.74 Å². The third-order valence-corrected chi connectivity index (χ3v) is 2.42. The maximum Gasteiger partial charge on any atom is 0.189 e. The quantitative estimate of drug-likeness (QED) is 0.486. The molecule has 0 heterocycles. The molecule has 0 fully saturated rings. The van der Waals surface area contributed by atoms with E-state index in [-0.39, 0.29) is 6.79 Å². The molecule has 2 rings (SSSR count). The zero-order valence-corrected chi connectivity index (χ0v) is 9.27. The van der Waals surface area contributed by atoms with Crippen molar-refractivity contribution in [1.29, 1.82) is 0 Å². The maximum atomic E-state index is 5.89. The molecule has 3 nitrogen and oxygen atoms in total. The van der Waals surface area contributed by atoms with Gasteiger partial charge in [0.2, 0.25) is 0 Å². The van der Waals surface area contributed by atoms with Gasteiger partial charge in [0.15, 0.2) is 6.79 Å². The second-order valence-electron chi connectivity index (χ2n) is 3.45. The summed E-state index contributed by atoms with van der Waals surface area (Å²) in [5.74, 6) is 0.804. The molecule has 0 saturated carbocycles. The van der Waals surface area contributed by atoms with E-state index in [1.165, 1.54) is 0 Å². The summed E-state index contributed by atoms with van der Waals surface area (Å²) in [4.78, 5) is 0. The minimum atomic E-state index is 0.268. The lowest BCUT2D eigenvalue weighted by atomic mass is 10.1. The van der Waals surface area contributed by atoms with Crippen molar-refractivity contribution in [2.24, 2.45) is 0 Å². The number of hydrogen-bond acceptors (Lipinski definition) is 3. The molecule has 0 spiro atoms. The number of fused-ring (bicyclic) bond motifs is 1. The second-order valence-corrected chi connectivity index (χ2v) is 3.45. The fraction of sp³-hybridized carbons (Fsp3) is 0.231. The number of nitrogens with two attached hydrogens (primary N) is 1. The predicted octanol–water partition coefficient (Wildman–Crippen LogP) is 2.79. The van der Waals surface area contributed by atoms with Gasteiger partial charge in [-0.05, 0) is 19.1 Å². The molecule has 0 saturated heterocycles. The summed E-state index contributed by atoms with van der Waals surface area (Å²) < 4.78 is 10.7. The second kappa shape index (κ2) is 4.86. The van der Waals surface area contributed by atoms with Gasteiger partial charge in [-0.3, -0.25) is 0 Å². The Bertz CT molecular complexity index is 482. The van der Waals surface area contributed by atoms with E-state index in [1.54, 1.807) is 0 Å². The van der Waals surface area contributed by atoms with Crippen molar-refractivity contribution in [3.8, 4) is 5.75 Å². The van der Waals surface area contributed by atoms with Crippen LogP contribution < -0.4 is 10.5 Å². The minimum absolute atomic E-state index is 0.268. The first-order chi connectivity index (χ1) is 7.83. The van der Waals surface area contributed by atoms with Crippen molar-refractivity contribution in [1.82, 2.24) is 0 Å². The molecule has 0 amide bonds. The predicted molar refractivity (Wildman–Crippen MR) is 65.5 cm³/mol. The lowest BCUT2D eigenvalue weighted by Crippen LogP contribution is -2.02. The zero-order valence-electron chi connectivity index (χ0n) is 9.27. The highest BCUT2D eigenvalue weighted by molar-refractivity contribution is 5.96. The van der Waals surface area contributed by atoms with Crippen LogP contribution in [0.15, 0.2) is 36.4 Å². The van der Waals surface area contributed by atoms with Gasteiger partial charge in [-0.2, -0.15) is 0 Å². The highest BCUT2D eigenvalue weighted by Gasteiger charge is 2.03. The van der Waals surface area contributed by atoms with Gasteiger partial charge in [0.1, 0.15) is 5.75 Å². The summed E-state index contributed by atoms with van der Waals surface area (Å²) in [6.07, 6.45) is 0. The molecule has 84 valence electrons. The summed E-state index contributed by atoms with van der Waals surface area (Å²) in [6, 6.07) is 11.6. The van der Waals surface area contributed by atoms with Gasteiger partial charge in [-0.25, -0.2) is 0 Å². The third-order valence-electron chi connectivity index (χ3n) is 2.42. The van der Waals surface area contributed by atoms with Crippen molar-refractivity contribution in [2.45, 2.75) is 6.92 Å². The van der Waals surface area contributed by atoms with Crippen LogP contribution in [0.1, 0.15) is 6.92 Å². The summed E-state index contributed by atoms with van der Waals surface area (Å²) in [5.41, 5.74) is 6.66. The molecule has 3 heteroatoms. The first kappa shape index (κ1) is 10.8. The average molecular weight is 217 g/mol. The van der Waals surface area contributed by atoms with E-state index in [9.17, 15) is 0 Å². The van der Waals surface area contributed by atoms with Gasteiger partial charge in [-0.15, -0.1) is 0 Å². The van der Waals surface area contributed by atoms with Crippen LogP contribution in [0.4, 0.5) is 5.69 Å². The molecular weight excluding hydrogens is 202 g/mol. The molecule has 0 aliphatic carbocycles. The normalized spacial score (nSPS) is 10.6. The molecule has 0 aliphatic heterocycles. The number of hydrogen-bond donors (Lipinski definition) is 1. The van der Waals surface area contributed by atoms with Gasteiger partial charge in [-0.1, -0.05) is 24.3 Å². The molecule has 16 heavy (non-hydrogen) atoms. The summed E-state index contributed by atoms with van der Waals surface area (Å²) in [6.45, 7) is 2.85. The summed E-state index contributed by atoms with van der Waals surface area (Å²) in [5, 5.41) is 2.03. The number of nitrogen functional groups attached to an aromatic ring is 1. The van der Waals surface area contributed by atoms with E-state index in [2.05, 4.69) is 0 Å². The lowest BCUT2D eigenvalue weighted by Gasteiger charge is -2.10. The molecule has 0 aliphatic rings. The van der Waals surface area contributed by atoms with E-state index in [1.807, 2.05) is 43.3 Å². The molecule has 0 aromatic heterocycles. The Labute approximate surface area is 94.8 Å². The van der Waals surface area contributed by atoms with Crippen LogP contribution >= 0.6 is 0 Å². The Hall–Kier alpha value is -1.74. The van der Waals surface area contributed by atoms with Crippen molar-refractivity contribution in [3.05, 3.63) is 36.4 Å². The Morgan fingerprint density at radius 1 is 1.06 bits per heavy atom. The van der Waals surface area contributed by atoms with E-state index in [0.717, 1.165) is 22.2 Å². The number of rotatable bonds is 4. The zero-order chi connectivity index (χ0) is 11.4. The van der Waals surface area contributed by atoms with Gasteiger partial charge >= 0.3 is 0 Å². The maximum absolute atomic E-state index is 5.89. The van der Waals surface area contributed by atoms with Gasteiger partial charge in [0.25, 0.3) is 0 Å². The van der Waals surface area contributed by atoms with Crippen molar-refractivity contribution in [2.75, 3.05) is 19.1 Å². The van der Waals surface area contributed by atoms with Crippen LogP contribution in [-0.4, -0.2) is 13.4 Å². The van der Waals surface area contributed by atoms with Crippen LogP contribution in [0, 0.1) is 0 Å².